The third kappa shape index (κ3) is 6.62. The van der Waals surface area contributed by atoms with Crippen molar-refractivity contribution in [3.8, 4) is 23.0 Å². The highest BCUT2D eigenvalue weighted by Crippen LogP contribution is 2.34. The van der Waals surface area contributed by atoms with Crippen LogP contribution < -0.4 is 10.1 Å². The van der Waals surface area contributed by atoms with E-state index in [0.29, 0.717) is 19.6 Å². The topological polar surface area (TPSA) is 117 Å². The van der Waals surface area contributed by atoms with E-state index in [0.717, 1.165) is 12.1 Å². The average Bonchev–Trinajstić information content (AvgIpc) is 3.20. The highest BCUT2D eigenvalue weighted by molar-refractivity contribution is 5.94. The molecule has 1 aromatic heterocycles. The molecule has 0 aliphatic carbocycles. The fraction of sp³-hybridized carbons (Fsp3) is 0.500. The van der Waals surface area contributed by atoms with Gasteiger partial charge in [-0.1, -0.05) is 0 Å². The molecule has 2 aromatic rings. The van der Waals surface area contributed by atoms with Crippen LogP contribution in [0.15, 0.2) is 22.6 Å². The predicted octanol–water partition coefficient (Wildman–Crippen LogP) is 4.17. The van der Waals surface area contributed by atoms with Crippen molar-refractivity contribution in [2.24, 2.45) is 0 Å². The van der Waals surface area contributed by atoms with Crippen molar-refractivity contribution >= 4 is 12.0 Å². The number of phenolic OH excluding ortho intramolecular Hbond substituents is 1. The Morgan fingerprint density at radius 3 is 2.58 bits per heavy atom. The Hall–Kier alpha value is -3.41. The molecule has 1 fully saturated rings. The van der Waals surface area contributed by atoms with Crippen LogP contribution >= 0.6 is 0 Å². The molecule has 0 spiro atoms. The van der Waals surface area contributed by atoms with Crippen LogP contribution in [-0.2, 0) is 4.74 Å². The number of rotatable bonds is 6. The van der Waals surface area contributed by atoms with Gasteiger partial charge in [0.25, 0.3) is 5.91 Å². The Bertz CT molecular complexity index is 1100. The molecule has 0 bridgehead atoms. The largest absolute Gasteiger partial charge is 0.504 e. The van der Waals surface area contributed by atoms with Crippen LogP contribution in [0, 0.1) is 7.05 Å². The van der Waals surface area contributed by atoms with Gasteiger partial charge in [-0.25, -0.2) is 9.78 Å². The van der Waals surface area contributed by atoms with E-state index in [4.69, 9.17) is 9.15 Å². The molecule has 10 nitrogen and oxygen atoms in total. The van der Waals surface area contributed by atoms with Crippen molar-refractivity contribution in [3.05, 3.63) is 36.7 Å². The molecule has 1 aliphatic rings. The van der Waals surface area contributed by atoms with E-state index < -0.39 is 41.8 Å². The first kappa shape index (κ1) is 27.2. The lowest BCUT2D eigenvalue weighted by Crippen LogP contribution is -2.51. The number of alkyl carbamates (subject to hydrolysis) is 1. The smallest absolute Gasteiger partial charge is 0.408 e. The van der Waals surface area contributed by atoms with Crippen LogP contribution in [0.5, 0.6) is 11.5 Å². The quantitative estimate of drug-likeness (QED) is 0.596. The van der Waals surface area contributed by atoms with Gasteiger partial charge in [-0.3, -0.25) is 9.69 Å². The Labute approximate surface area is 208 Å². The van der Waals surface area contributed by atoms with Crippen molar-refractivity contribution in [3.63, 3.8) is 0 Å². The van der Waals surface area contributed by atoms with Gasteiger partial charge in [-0.15, -0.1) is 0 Å². The number of phenols is 1. The van der Waals surface area contributed by atoms with Gasteiger partial charge in [0.2, 0.25) is 5.89 Å². The summed E-state index contributed by atoms with van der Waals surface area (Å²) in [6, 6.07) is 2.85. The maximum atomic E-state index is 13.4. The number of benzene rings is 1. The molecular formula is C24H31F2N4O6. The van der Waals surface area contributed by atoms with Crippen molar-refractivity contribution in [2.45, 2.75) is 58.9 Å². The Morgan fingerprint density at radius 1 is 1.31 bits per heavy atom. The molecule has 1 aromatic carbocycles. The Balaban J connectivity index is 1.95. The van der Waals surface area contributed by atoms with Crippen LogP contribution in [0.4, 0.5) is 13.6 Å². The lowest BCUT2D eigenvalue weighted by atomic mass is 10.1. The second-order valence-electron chi connectivity index (χ2n) is 9.57. The number of alkyl halides is 2. The first-order chi connectivity index (χ1) is 16.7. The van der Waals surface area contributed by atoms with Gasteiger partial charge in [-0.05, 0) is 52.8 Å². The first-order valence-electron chi connectivity index (χ1n) is 11.4. The molecule has 2 heterocycles. The summed E-state index contributed by atoms with van der Waals surface area (Å²) in [5, 5.41) is 12.7. The number of nitrogens with zero attached hydrogens (tertiary/aromatic N) is 3. The third-order valence-corrected chi connectivity index (χ3v) is 5.46. The van der Waals surface area contributed by atoms with Gasteiger partial charge >= 0.3 is 12.7 Å². The maximum absolute atomic E-state index is 13.4. The average molecular weight is 510 g/mol. The molecule has 1 radical (unpaired) electrons. The highest BCUT2D eigenvalue weighted by Gasteiger charge is 2.33. The molecule has 2 N–H and O–H groups in total. The molecule has 1 unspecified atom stereocenters. The molecule has 12 heteroatoms. The van der Waals surface area contributed by atoms with Crippen molar-refractivity contribution < 1.29 is 37.4 Å². The lowest BCUT2D eigenvalue weighted by molar-refractivity contribution is -0.0512. The van der Waals surface area contributed by atoms with Gasteiger partial charge < -0.3 is 29.2 Å². The Morgan fingerprint density at radius 2 is 2.00 bits per heavy atom. The number of hydrogen-bond acceptors (Lipinski definition) is 8. The second kappa shape index (κ2) is 10.7. The van der Waals surface area contributed by atoms with Crippen molar-refractivity contribution in [1.82, 2.24) is 20.1 Å². The number of aromatic hydroxyl groups is 1. The summed E-state index contributed by atoms with van der Waals surface area (Å²) in [5.74, 6) is -1.34. The number of carbonyl (C=O) groups is 2. The van der Waals surface area contributed by atoms with E-state index in [9.17, 15) is 23.5 Å². The monoisotopic (exact) mass is 509 g/mol. The fourth-order valence-electron chi connectivity index (χ4n) is 3.63. The molecule has 2 atom stereocenters. The zero-order chi connectivity index (χ0) is 26.8. The van der Waals surface area contributed by atoms with Gasteiger partial charge in [0.05, 0.1) is 6.04 Å². The van der Waals surface area contributed by atoms with E-state index >= 15 is 0 Å². The molecule has 1 saturated heterocycles. The van der Waals surface area contributed by atoms with Gasteiger partial charge in [0, 0.05) is 38.3 Å². The number of halogens is 2. The molecule has 0 saturated carbocycles. The maximum Gasteiger partial charge on any atom is 0.408 e. The molecular weight excluding hydrogens is 478 g/mol. The fourth-order valence-corrected chi connectivity index (χ4v) is 3.63. The number of amides is 2. The summed E-state index contributed by atoms with van der Waals surface area (Å²) in [5.41, 5.74) is -0.543. The molecule has 197 valence electrons. The zero-order valence-electron chi connectivity index (χ0n) is 20.9. The van der Waals surface area contributed by atoms with Crippen LogP contribution in [0.2, 0.25) is 0 Å². The molecule has 3 rings (SSSR count). The van der Waals surface area contributed by atoms with Gasteiger partial charge in [0.1, 0.15) is 5.60 Å². The van der Waals surface area contributed by atoms with Crippen molar-refractivity contribution in [2.75, 3.05) is 19.6 Å². The third-order valence-electron chi connectivity index (χ3n) is 5.46. The summed E-state index contributed by atoms with van der Waals surface area (Å²) in [4.78, 5) is 33.6. The van der Waals surface area contributed by atoms with Gasteiger partial charge in [-0.2, -0.15) is 8.78 Å². The van der Waals surface area contributed by atoms with E-state index in [1.165, 1.54) is 6.07 Å². The second-order valence-corrected chi connectivity index (χ2v) is 9.57. The minimum absolute atomic E-state index is 0.0224. The first-order valence-corrected chi connectivity index (χ1v) is 11.4. The normalized spacial score (nSPS) is 17.7. The minimum atomic E-state index is -3.11. The predicted molar refractivity (Wildman–Crippen MR) is 125 cm³/mol. The minimum Gasteiger partial charge on any atom is -0.504 e. The standard InChI is InChI=1S/C24H31F2N4O6/c1-13-12-30(10-9-29(13)6)21(32)18-19(14(2)27-23(33)36-24(3,4)5)35-20(28-18)15-7-8-17(16(31)11-15)34-22(25)26/h7-8,11,13-14,22,31H,6,9-10,12H2,1-5H3,(H,27,33)/t13?,14-/m0/s1. The number of ether oxygens (including phenoxy) is 2. The number of aromatic nitrogens is 1. The molecule has 1 aliphatic heterocycles. The lowest BCUT2D eigenvalue weighted by Gasteiger charge is -2.37. The number of piperazine rings is 1. The van der Waals surface area contributed by atoms with E-state index in [-0.39, 0.29) is 29.0 Å². The summed E-state index contributed by atoms with van der Waals surface area (Å²) in [6.45, 7) is 7.00. The SMILES string of the molecule is [CH2]N1CCN(C(=O)c2nc(-c3ccc(OC(F)F)c(O)c3)oc2[C@H](C)NC(=O)OC(C)(C)C)CC1C. The highest BCUT2D eigenvalue weighted by atomic mass is 19.3. The molecule has 36 heavy (non-hydrogen) atoms. The van der Waals surface area contributed by atoms with E-state index in [2.05, 4.69) is 22.1 Å². The number of oxazole rings is 1. The van der Waals surface area contributed by atoms with E-state index in [1.54, 1.807) is 32.6 Å². The van der Waals surface area contributed by atoms with Crippen LogP contribution in [0.3, 0.4) is 0 Å². The number of hydrogen-bond donors (Lipinski definition) is 2. The summed E-state index contributed by atoms with van der Waals surface area (Å²) < 4.78 is 40.5. The summed E-state index contributed by atoms with van der Waals surface area (Å²) >= 11 is 0. The number of nitrogens with one attached hydrogen (secondary N) is 1. The van der Waals surface area contributed by atoms with Gasteiger partial charge in [0.15, 0.2) is 23.0 Å². The Kier molecular flexibility index (Phi) is 8.07. The summed E-state index contributed by atoms with van der Waals surface area (Å²) in [7, 11) is 3.95. The van der Waals surface area contributed by atoms with Crippen molar-refractivity contribution in [1.29, 1.82) is 0 Å². The summed E-state index contributed by atoms with van der Waals surface area (Å²) in [6.07, 6.45) is -0.711. The van der Waals surface area contributed by atoms with E-state index in [1.807, 2.05) is 11.8 Å². The zero-order valence-corrected chi connectivity index (χ0v) is 20.9. The van der Waals surface area contributed by atoms with Crippen LogP contribution in [0.25, 0.3) is 11.5 Å². The molecule has 2 amide bonds. The van der Waals surface area contributed by atoms with Crippen LogP contribution in [-0.4, -0.2) is 69.8 Å². The van der Waals surface area contributed by atoms with Crippen LogP contribution in [0.1, 0.15) is 56.9 Å². The number of carbonyl (C=O) groups excluding carboxylic acids is 2.